The summed E-state index contributed by atoms with van der Waals surface area (Å²) in [5, 5.41) is 12.7. The van der Waals surface area contributed by atoms with Crippen molar-refractivity contribution in [1.29, 1.82) is 0 Å². The fourth-order valence-electron chi connectivity index (χ4n) is 1.71. The number of aromatic amines is 1. The van der Waals surface area contributed by atoms with Gasteiger partial charge in [0.1, 0.15) is 5.82 Å². The van der Waals surface area contributed by atoms with E-state index in [4.69, 9.17) is 0 Å². The Kier molecular flexibility index (Phi) is 5.54. The van der Waals surface area contributed by atoms with Crippen LogP contribution in [0.2, 0.25) is 0 Å². The van der Waals surface area contributed by atoms with Crippen LogP contribution in [0.3, 0.4) is 0 Å². The van der Waals surface area contributed by atoms with E-state index in [1.807, 2.05) is 6.92 Å². The Bertz CT molecular complexity index is 671. The Balaban J connectivity index is 1.91. The number of amides is 2. The SMILES string of the molecule is CCNC(=O)c1cccc(NC(=O)CSc2n[nH]c(C)n2)c1. The number of H-pyrrole nitrogens is 1. The molecule has 0 unspecified atom stereocenters. The molecule has 0 atom stereocenters. The van der Waals surface area contributed by atoms with E-state index in [1.165, 1.54) is 11.8 Å². The normalized spacial score (nSPS) is 10.3. The van der Waals surface area contributed by atoms with Gasteiger partial charge >= 0.3 is 0 Å². The van der Waals surface area contributed by atoms with Gasteiger partial charge in [0.05, 0.1) is 5.75 Å². The van der Waals surface area contributed by atoms with Gasteiger partial charge in [-0.1, -0.05) is 17.8 Å². The Morgan fingerprint density at radius 3 is 2.86 bits per heavy atom. The van der Waals surface area contributed by atoms with Gasteiger partial charge in [0.15, 0.2) is 0 Å². The molecule has 0 aliphatic heterocycles. The predicted molar refractivity (Wildman–Crippen MR) is 84.9 cm³/mol. The molecular formula is C14H17N5O2S. The highest BCUT2D eigenvalue weighted by Crippen LogP contribution is 2.14. The number of aromatic nitrogens is 3. The van der Waals surface area contributed by atoms with Crippen LogP contribution in [0.1, 0.15) is 23.1 Å². The van der Waals surface area contributed by atoms with Gasteiger partial charge < -0.3 is 10.6 Å². The van der Waals surface area contributed by atoms with Crippen LogP contribution in [0, 0.1) is 6.92 Å². The van der Waals surface area contributed by atoms with Gasteiger partial charge in [0, 0.05) is 17.8 Å². The van der Waals surface area contributed by atoms with E-state index >= 15 is 0 Å². The zero-order valence-corrected chi connectivity index (χ0v) is 13.2. The number of hydrogen-bond acceptors (Lipinski definition) is 5. The van der Waals surface area contributed by atoms with Crippen LogP contribution >= 0.6 is 11.8 Å². The van der Waals surface area contributed by atoms with Gasteiger partial charge in [0.25, 0.3) is 5.91 Å². The fourth-order valence-corrected chi connectivity index (χ4v) is 2.36. The maximum Gasteiger partial charge on any atom is 0.251 e. The number of benzene rings is 1. The second-order valence-corrected chi connectivity index (χ2v) is 5.42. The van der Waals surface area contributed by atoms with Crippen molar-refractivity contribution in [2.24, 2.45) is 0 Å². The number of aryl methyl sites for hydroxylation is 1. The van der Waals surface area contributed by atoms with Gasteiger partial charge in [-0.2, -0.15) is 0 Å². The van der Waals surface area contributed by atoms with E-state index in [0.717, 1.165) is 0 Å². The summed E-state index contributed by atoms with van der Waals surface area (Å²) in [6.07, 6.45) is 0. The topological polar surface area (TPSA) is 99.8 Å². The van der Waals surface area contributed by atoms with Crippen LogP contribution in [-0.2, 0) is 4.79 Å². The minimum absolute atomic E-state index is 0.163. The van der Waals surface area contributed by atoms with Crippen molar-refractivity contribution < 1.29 is 9.59 Å². The van der Waals surface area contributed by atoms with Crippen LogP contribution in [0.4, 0.5) is 5.69 Å². The molecule has 0 aliphatic carbocycles. The molecule has 2 rings (SSSR count). The molecule has 0 saturated heterocycles. The summed E-state index contributed by atoms with van der Waals surface area (Å²) < 4.78 is 0. The van der Waals surface area contributed by atoms with Gasteiger partial charge in [-0.3, -0.25) is 14.7 Å². The summed E-state index contributed by atoms with van der Waals surface area (Å²) in [7, 11) is 0. The number of thioether (sulfide) groups is 1. The summed E-state index contributed by atoms with van der Waals surface area (Å²) in [6, 6.07) is 6.81. The first-order valence-corrected chi connectivity index (χ1v) is 7.77. The van der Waals surface area contributed by atoms with Crippen molar-refractivity contribution in [2.45, 2.75) is 19.0 Å². The Labute approximate surface area is 132 Å². The predicted octanol–water partition coefficient (Wildman–Crippen LogP) is 1.59. The first kappa shape index (κ1) is 16.0. The van der Waals surface area contributed by atoms with Gasteiger partial charge in [-0.25, -0.2) is 4.98 Å². The highest BCUT2D eigenvalue weighted by Gasteiger charge is 2.09. The molecular weight excluding hydrogens is 302 g/mol. The monoisotopic (exact) mass is 319 g/mol. The average molecular weight is 319 g/mol. The quantitative estimate of drug-likeness (QED) is 0.702. The molecule has 2 aromatic rings. The maximum atomic E-state index is 11.9. The van der Waals surface area contributed by atoms with E-state index in [0.29, 0.717) is 28.8 Å². The zero-order chi connectivity index (χ0) is 15.9. The molecule has 8 heteroatoms. The lowest BCUT2D eigenvalue weighted by atomic mass is 10.2. The number of rotatable bonds is 6. The lowest BCUT2D eigenvalue weighted by Crippen LogP contribution is -2.23. The number of anilines is 1. The third kappa shape index (κ3) is 4.59. The van der Waals surface area contributed by atoms with Crippen LogP contribution in [-0.4, -0.2) is 39.3 Å². The first-order chi connectivity index (χ1) is 10.6. The lowest BCUT2D eigenvalue weighted by Gasteiger charge is -2.07. The number of carbonyl (C=O) groups excluding carboxylic acids is 2. The molecule has 116 valence electrons. The van der Waals surface area contributed by atoms with Crippen molar-refractivity contribution in [1.82, 2.24) is 20.5 Å². The van der Waals surface area contributed by atoms with Gasteiger partial charge in [0.2, 0.25) is 11.1 Å². The van der Waals surface area contributed by atoms with Crippen LogP contribution < -0.4 is 10.6 Å². The molecule has 1 aromatic heterocycles. The number of hydrogen-bond donors (Lipinski definition) is 3. The lowest BCUT2D eigenvalue weighted by molar-refractivity contribution is -0.113. The zero-order valence-electron chi connectivity index (χ0n) is 12.3. The van der Waals surface area contributed by atoms with Gasteiger partial charge in [-0.05, 0) is 32.0 Å². The highest BCUT2D eigenvalue weighted by atomic mass is 32.2. The molecule has 2 amide bonds. The summed E-state index contributed by atoms with van der Waals surface area (Å²) in [5.41, 5.74) is 1.09. The van der Waals surface area contributed by atoms with Crippen molar-refractivity contribution >= 4 is 29.3 Å². The molecule has 0 fully saturated rings. The van der Waals surface area contributed by atoms with Crippen molar-refractivity contribution in [3.8, 4) is 0 Å². The third-order valence-corrected chi connectivity index (χ3v) is 3.50. The average Bonchev–Trinajstić information content (AvgIpc) is 2.91. The minimum Gasteiger partial charge on any atom is -0.352 e. The molecule has 1 heterocycles. The number of nitrogens with zero attached hydrogens (tertiary/aromatic N) is 2. The second kappa shape index (κ2) is 7.60. The maximum absolute atomic E-state index is 11.9. The van der Waals surface area contributed by atoms with Crippen molar-refractivity contribution in [2.75, 3.05) is 17.6 Å². The van der Waals surface area contributed by atoms with Crippen LogP contribution in [0.5, 0.6) is 0 Å². The molecule has 1 aromatic carbocycles. The molecule has 0 radical (unpaired) electrons. The van der Waals surface area contributed by atoms with E-state index in [-0.39, 0.29) is 17.6 Å². The fraction of sp³-hybridized carbons (Fsp3) is 0.286. The van der Waals surface area contributed by atoms with Crippen molar-refractivity contribution in [3.63, 3.8) is 0 Å². The minimum atomic E-state index is -0.180. The Morgan fingerprint density at radius 2 is 2.18 bits per heavy atom. The van der Waals surface area contributed by atoms with Crippen LogP contribution in [0.15, 0.2) is 29.4 Å². The van der Waals surface area contributed by atoms with Crippen molar-refractivity contribution in [3.05, 3.63) is 35.7 Å². The van der Waals surface area contributed by atoms with Gasteiger partial charge in [-0.15, -0.1) is 5.10 Å². The molecule has 0 aliphatic rings. The summed E-state index contributed by atoms with van der Waals surface area (Å²) in [5.74, 6) is 0.560. The van der Waals surface area contributed by atoms with E-state index in [9.17, 15) is 9.59 Å². The Hall–Kier alpha value is -2.35. The molecule has 0 spiro atoms. The summed E-state index contributed by atoms with van der Waals surface area (Å²) >= 11 is 1.24. The largest absolute Gasteiger partial charge is 0.352 e. The van der Waals surface area contributed by atoms with E-state index in [2.05, 4.69) is 25.8 Å². The summed E-state index contributed by atoms with van der Waals surface area (Å²) in [6.45, 7) is 4.21. The standard InChI is InChI=1S/C14H17N5O2S/c1-3-15-13(21)10-5-4-6-11(7-10)17-12(20)8-22-14-16-9(2)18-19-14/h4-7H,3,8H2,1-2H3,(H,15,21)(H,17,20)(H,16,18,19). The second-order valence-electron chi connectivity index (χ2n) is 4.48. The summed E-state index contributed by atoms with van der Waals surface area (Å²) in [4.78, 5) is 27.8. The third-order valence-electron chi connectivity index (χ3n) is 2.65. The van der Waals surface area contributed by atoms with Crippen LogP contribution in [0.25, 0.3) is 0 Å². The molecule has 22 heavy (non-hydrogen) atoms. The smallest absolute Gasteiger partial charge is 0.251 e. The first-order valence-electron chi connectivity index (χ1n) is 6.78. The number of nitrogens with one attached hydrogen (secondary N) is 3. The van der Waals surface area contributed by atoms with E-state index in [1.54, 1.807) is 31.2 Å². The number of carbonyl (C=O) groups is 2. The molecule has 0 saturated carbocycles. The molecule has 3 N–H and O–H groups in total. The Morgan fingerprint density at radius 1 is 1.36 bits per heavy atom. The molecule has 7 nitrogen and oxygen atoms in total. The highest BCUT2D eigenvalue weighted by molar-refractivity contribution is 7.99. The van der Waals surface area contributed by atoms with E-state index < -0.39 is 0 Å². The molecule has 0 bridgehead atoms.